The molecule has 0 atom stereocenters. The third kappa shape index (κ3) is 4.70. The van der Waals surface area contributed by atoms with Crippen molar-refractivity contribution in [1.82, 2.24) is 10.2 Å². The summed E-state index contributed by atoms with van der Waals surface area (Å²) in [6.45, 7) is 0.476. The van der Waals surface area contributed by atoms with E-state index in [2.05, 4.69) is 10.6 Å². The fourth-order valence-corrected chi connectivity index (χ4v) is 4.16. The number of nitrogens with one attached hydrogen (secondary N) is 2. The number of urea groups is 1. The minimum absolute atomic E-state index is 0.0426. The van der Waals surface area contributed by atoms with Gasteiger partial charge in [0, 0.05) is 18.9 Å². The van der Waals surface area contributed by atoms with E-state index in [-0.39, 0.29) is 50.6 Å². The monoisotopic (exact) mass is 461 g/mol. The number of carbonyl (C=O) groups is 3. The summed E-state index contributed by atoms with van der Waals surface area (Å²) in [4.78, 5) is 38.1. The Morgan fingerprint density at radius 3 is 2.48 bits per heavy atom. The second-order valence-corrected chi connectivity index (χ2v) is 8.07. The molecule has 33 heavy (non-hydrogen) atoms. The van der Waals surface area contributed by atoms with Gasteiger partial charge in [-0.1, -0.05) is 30.3 Å². The lowest BCUT2D eigenvalue weighted by molar-refractivity contribution is -0.138. The third-order valence-electron chi connectivity index (χ3n) is 5.99. The molecule has 0 unspecified atom stereocenters. The molecule has 2 aromatic carbocycles. The number of alkyl halides is 3. The Hall–Kier alpha value is -3.40. The lowest BCUT2D eigenvalue weighted by Gasteiger charge is -2.36. The van der Waals surface area contributed by atoms with Crippen molar-refractivity contribution < 1.29 is 32.3 Å². The molecule has 7 nitrogen and oxygen atoms in total. The van der Waals surface area contributed by atoms with Crippen LogP contribution in [0.1, 0.15) is 29.5 Å². The Kier molecular flexibility index (Phi) is 6.11. The number of halogens is 3. The maximum absolute atomic E-state index is 13.4. The van der Waals surface area contributed by atoms with Crippen LogP contribution in [-0.4, -0.2) is 42.5 Å². The molecule has 2 heterocycles. The van der Waals surface area contributed by atoms with Crippen molar-refractivity contribution in [1.29, 1.82) is 0 Å². The molecule has 174 valence electrons. The highest BCUT2D eigenvalue weighted by atomic mass is 19.4. The first kappa shape index (κ1) is 22.8. The predicted molar refractivity (Wildman–Crippen MR) is 112 cm³/mol. The van der Waals surface area contributed by atoms with E-state index < -0.39 is 29.1 Å². The van der Waals surface area contributed by atoms with Gasteiger partial charge in [-0.25, -0.2) is 4.79 Å². The Labute approximate surface area is 187 Å². The van der Waals surface area contributed by atoms with Crippen LogP contribution in [-0.2, 0) is 32.5 Å². The fourth-order valence-electron chi connectivity index (χ4n) is 4.16. The minimum atomic E-state index is -4.52. The highest BCUT2D eigenvalue weighted by molar-refractivity contribution is 6.02. The molecule has 2 aliphatic heterocycles. The molecule has 0 saturated carbocycles. The first-order valence-corrected chi connectivity index (χ1v) is 10.4. The first-order valence-electron chi connectivity index (χ1n) is 10.4. The molecule has 2 N–H and O–H groups in total. The number of hydrogen-bond acceptors (Lipinski definition) is 4. The fraction of sp³-hybridized carbons (Fsp3) is 0.348. The van der Waals surface area contributed by atoms with Crippen molar-refractivity contribution in [3.05, 3.63) is 65.2 Å². The highest BCUT2D eigenvalue weighted by Crippen LogP contribution is 2.39. The number of anilines is 1. The number of carbonyl (C=O) groups excluding carboxylic acids is 3. The van der Waals surface area contributed by atoms with Crippen LogP contribution in [0, 0.1) is 0 Å². The van der Waals surface area contributed by atoms with Gasteiger partial charge in [-0.05, 0) is 42.2 Å². The van der Waals surface area contributed by atoms with Crippen molar-refractivity contribution in [2.75, 3.05) is 25.1 Å². The Balaban J connectivity index is 1.59. The van der Waals surface area contributed by atoms with E-state index in [9.17, 15) is 27.6 Å². The number of rotatable bonds is 5. The number of nitrogens with zero attached hydrogens (tertiary/aromatic N) is 1. The Morgan fingerprint density at radius 2 is 1.82 bits per heavy atom. The van der Waals surface area contributed by atoms with Gasteiger partial charge in [-0.3, -0.25) is 14.5 Å². The van der Waals surface area contributed by atoms with Crippen LogP contribution in [0.4, 0.5) is 23.7 Å². The van der Waals surface area contributed by atoms with Gasteiger partial charge in [0.05, 0.1) is 24.1 Å². The SMILES string of the molecule is O=C1CNC(=O)N1Cc1cccc(NC(=O)C2(c3cccc(C(F)(F)F)c3)CCOCC2)c1. The Bertz CT molecular complexity index is 1060. The van der Waals surface area contributed by atoms with Crippen LogP contribution in [0.5, 0.6) is 0 Å². The zero-order chi connectivity index (χ0) is 23.6. The van der Waals surface area contributed by atoms with E-state index in [1.807, 2.05) is 0 Å². The average molecular weight is 461 g/mol. The quantitative estimate of drug-likeness (QED) is 0.668. The molecule has 0 aliphatic carbocycles. The summed E-state index contributed by atoms with van der Waals surface area (Å²) < 4.78 is 45.3. The van der Waals surface area contributed by atoms with E-state index >= 15 is 0 Å². The van der Waals surface area contributed by atoms with E-state index in [1.165, 1.54) is 12.1 Å². The van der Waals surface area contributed by atoms with Gasteiger partial charge >= 0.3 is 12.2 Å². The second-order valence-electron chi connectivity index (χ2n) is 8.07. The van der Waals surface area contributed by atoms with Gasteiger partial charge in [0.25, 0.3) is 0 Å². The molecule has 2 saturated heterocycles. The van der Waals surface area contributed by atoms with Crippen LogP contribution >= 0.6 is 0 Å². The molecular weight excluding hydrogens is 439 g/mol. The molecule has 0 bridgehead atoms. The summed E-state index contributed by atoms with van der Waals surface area (Å²) in [6.07, 6.45) is -4.04. The van der Waals surface area contributed by atoms with Gasteiger partial charge in [-0.2, -0.15) is 13.2 Å². The van der Waals surface area contributed by atoms with Crippen molar-refractivity contribution >= 4 is 23.5 Å². The molecule has 2 aliphatic rings. The summed E-state index contributed by atoms with van der Waals surface area (Å²) in [7, 11) is 0. The maximum Gasteiger partial charge on any atom is 0.416 e. The zero-order valence-electron chi connectivity index (χ0n) is 17.6. The topological polar surface area (TPSA) is 87.7 Å². The molecule has 0 aromatic heterocycles. The van der Waals surface area contributed by atoms with Crippen LogP contribution in [0.25, 0.3) is 0 Å². The van der Waals surface area contributed by atoms with Crippen LogP contribution in [0.3, 0.4) is 0 Å². The first-order chi connectivity index (χ1) is 15.7. The lowest BCUT2D eigenvalue weighted by atomic mass is 9.73. The number of ether oxygens (including phenoxy) is 1. The van der Waals surface area contributed by atoms with E-state index in [0.29, 0.717) is 11.3 Å². The molecular formula is C23H22F3N3O4. The lowest BCUT2D eigenvalue weighted by Crippen LogP contribution is -2.45. The van der Waals surface area contributed by atoms with Crippen LogP contribution in [0.15, 0.2) is 48.5 Å². The van der Waals surface area contributed by atoms with Crippen LogP contribution in [0.2, 0.25) is 0 Å². The van der Waals surface area contributed by atoms with Gasteiger partial charge in [-0.15, -0.1) is 0 Å². The summed E-state index contributed by atoms with van der Waals surface area (Å²) in [6, 6.07) is 11.0. The van der Waals surface area contributed by atoms with E-state index in [1.54, 1.807) is 24.3 Å². The van der Waals surface area contributed by atoms with Gasteiger partial charge in [0.15, 0.2) is 0 Å². The largest absolute Gasteiger partial charge is 0.416 e. The van der Waals surface area contributed by atoms with Crippen LogP contribution < -0.4 is 10.6 Å². The number of amides is 4. The number of imide groups is 1. The van der Waals surface area contributed by atoms with Crippen molar-refractivity contribution in [3.8, 4) is 0 Å². The number of hydrogen-bond donors (Lipinski definition) is 2. The summed E-state index contributed by atoms with van der Waals surface area (Å²) in [5.41, 5.74) is -0.663. The van der Waals surface area contributed by atoms with E-state index in [0.717, 1.165) is 17.0 Å². The molecule has 2 fully saturated rings. The predicted octanol–water partition coefficient (Wildman–Crippen LogP) is 3.44. The maximum atomic E-state index is 13.4. The minimum Gasteiger partial charge on any atom is -0.381 e. The zero-order valence-corrected chi connectivity index (χ0v) is 17.6. The van der Waals surface area contributed by atoms with Gasteiger partial charge in [0.2, 0.25) is 11.8 Å². The van der Waals surface area contributed by atoms with Gasteiger partial charge in [0.1, 0.15) is 0 Å². The van der Waals surface area contributed by atoms with Crippen molar-refractivity contribution in [2.45, 2.75) is 31.0 Å². The second kappa shape index (κ2) is 8.86. The van der Waals surface area contributed by atoms with Crippen molar-refractivity contribution in [2.24, 2.45) is 0 Å². The standard InChI is InChI=1S/C23H22F3N3O4/c24-23(25,26)17-5-2-4-16(12-17)22(7-9-33-10-8-22)20(31)28-18-6-1-3-15(11-18)14-29-19(30)13-27-21(29)32/h1-6,11-12H,7-10,13-14H2,(H,27,32)(H,28,31). The normalized spacial score (nSPS) is 18.2. The summed E-state index contributed by atoms with van der Waals surface area (Å²) in [5, 5.41) is 5.26. The summed E-state index contributed by atoms with van der Waals surface area (Å²) >= 11 is 0. The highest BCUT2D eigenvalue weighted by Gasteiger charge is 2.43. The van der Waals surface area contributed by atoms with Gasteiger partial charge < -0.3 is 15.4 Å². The Morgan fingerprint density at radius 1 is 1.09 bits per heavy atom. The molecule has 4 rings (SSSR count). The molecule has 0 spiro atoms. The molecule has 4 amide bonds. The molecule has 2 aromatic rings. The average Bonchev–Trinajstić information content (AvgIpc) is 3.11. The van der Waals surface area contributed by atoms with Crippen molar-refractivity contribution in [3.63, 3.8) is 0 Å². The van der Waals surface area contributed by atoms with E-state index in [4.69, 9.17) is 4.74 Å². The number of benzene rings is 2. The third-order valence-corrected chi connectivity index (χ3v) is 5.99. The smallest absolute Gasteiger partial charge is 0.381 e. The summed E-state index contributed by atoms with van der Waals surface area (Å²) in [5.74, 6) is -0.780. The molecule has 10 heteroatoms. The molecule has 0 radical (unpaired) electrons.